The number of benzene rings is 1. The number of carbonyl (C=O) groups excluding carboxylic acids is 1. The Morgan fingerprint density at radius 1 is 1.43 bits per heavy atom. The zero-order chi connectivity index (χ0) is 15.9. The number of thioether (sulfide) groups is 1. The summed E-state index contributed by atoms with van der Waals surface area (Å²) < 4.78 is 29.8. The number of nitrogen functional groups attached to an aromatic ring is 1. The lowest BCUT2D eigenvalue weighted by Crippen LogP contribution is -2.35. The van der Waals surface area contributed by atoms with Gasteiger partial charge in [0.1, 0.15) is 6.54 Å². The molecule has 21 heavy (non-hydrogen) atoms. The molecule has 0 unspecified atom stereocenters. The van der Waals surface area contributed by atoms with Gasteiger partial charge in [-0.2, -0.15) is 4.31 Å². The van der Waals surface area contributed by atoms with E-state index >= 15 is 0 Å². The van der Waals surface area contributed by atoms with Crippen LogP contribution in [-0.2, 0) is 19.6 Å². The SMILES string of the molecule is CCOC(=O)CN(C)S(=O)(=O)CCSc1cccc(N)c1. The number of nitrogens with two attached hydrogens (primary N) is 1. The Balaban J connectivity index is 2.47. The van der Waals surface area contributed by atoms with Gasteiger partial charge < -0.3 is 10.5 Å². The highest BCUT2D eigenvalue weighted by molar-refractivity contribution is 8.00. The first kappa shape index (κ1) is 17.8. The van der Waals surface area contributed by atoms with Crippen LogP contribution in [0.15, 0.2) is 29.2 Å². The van der Waals surface area contributed by atoms with E-state index in [9.17, 15) is 13.2 Å². The van der Waals surface area contributed by atoms with Gasteiger partial charge in [0.25, 0.3) is 0 Å². The second-order valence-corrected chi connectivity index (χ2v) is 7.66. The van der Waals surface area contributed by atoms with Crippen LogP contribution >= 0.6 is 11.8 Å². The first-order chi connectivity index (χ1) is 9.85. The van der Waals surface area contributed by atoms with Gasteiger partial charge in [0.2, 0.25) is 10.0 Å². The van der Waals surface area contributed by atoms with E-state index in [1.54, 1.807) is 19.1 Å². The molecular weight excluding hydrogens is 312 g/mol. The van der Waals surface area contributed by atoms with Crippen molar-refractivity contribution in [2.24, 2.45) is 0 Å². The summed E-state index contributed by atoms with van der Waals surface area (Å²) in [5.74, 6) is -0.214. The van der Waals surface area contributed by atoms with E-state index in [1.165, 1.54) is 18.8 Å². The maximum Gasteiger partial charge on any atom is 0.321 e. The summed E-state index contributed by atoms with van der Waals surface area (Å²) in [6.07, 6.45) is 0. The number of hydrogen-bond acceptors (Lipinski definition) is 6. The smallest absolute Gasteiger partial charge is 0.321 e. The molecular formula is C13H20N2O4S2. The van der Waals surface area contributed by atoms with Crippen LogP contribution in [0.2, 0.25) is 0 Å². The van der Waals surface area contributed by atoms with Crippen molar-refractivity contribution in [3.63, 3.8) is 0 Å². The first-order valence-corrected chi connectivity index (χ1v) is 9.02. The van der Waals surface area contributed by atoms with Gasteiger partial charge in [-0.1, -0.05) is 6.07 Å². The molecule has 0 aliphatic carbocycles. The molecule has 0 aliphatic heterocycles. The molecule has 0 aliphatic rings. The minimum absolute atomic E-state index is 0.0532. The number of likely N-dealkylation sites (N-methyl/N-ethyl adjacent to an activating group) is 1. The molecule has 6 nitrogen and oxygen atoms in total. The second-order valence-electron chi connectivity index (χ2n) is 4.30. The highest BCUT2D eigenvalue weighted by atomic mass is 32.2. The fourth-order valence-corrected chi connectivity index (χ4v) is 3.93. The Labute approximate surface area is 129 Å². The summed E-state index contributed by atoms with van der Waals surface area (Å²) in [5.41, 5.74) is 6.30. The lowest BCUT2D eigenvalue weighted by molar-refractivity contribution is -0.143. The van der Waals surface area contributed by atoms with Crippen molar-refractivity contribution >= 4 is 33.4 Å². The van der Waals surface area contributed by atoms with Gasteiger partial charge in [0, 0.05) is 23.4 Å². The Morgan fingerprint density at radius 3 is 2.76 bits per heavy atom. The monoisotopic (exact) mass is 332 g/mol. The van der Waals surface area contributed by atoms with Crippen molar-refractivity contribution in [1.29, 1.82) is 0 Å². The largest absolute Gasteiger partial charge is 0.465 e. The van der Waals surface area contributed by atoms with Gasteiger partial charge in [-0.15, -0.1) is 11.8 Å². The van der Waals surface area contributed by atoms with E-state index in [0.717, 1.165) is 9.20 Å². The average molecular weight is 332 g/mol. The predicted octanol–water partition coefficient (Wildman–Crippen LogP) is 1.19. The summed E-state index contributed by atoms with van der Waals surface area (Å²) in [6, 6.07) is 7.25. The third-order valence-electron chi connectivity index (χ3n) is 2.60. The molecule has 8 heteroatoms. The molecule has 0 saturated heterocycles. The van der Waals surface area contributed by atoms with Crippen molar-refractivity contribution in [3.8, 4) is 0 Å². The maximum atomic E-state index is 12.0. The molecule has 0 amide bonds. The zero-order valence-electron chi connectivity index (χ0n) is 12.1. The standard InChI is InChI=1S/C13H20N2O4S2/c1-3-19-13(16)10-15(2)21(17,18)8-7-20-12-6-4-5-11(14)9-12/h4-6,9H,3,7-8,10,14H2,1-2H3. The quantitative estimate of drug-likeness (QED) is 0.437. The minimum atomic E-state index is -3.47. The summed E-state index contributed by atoms with van der Waals surface area (Å²) in [4.78, 5) is 12.2. The zero-order valence-corrected chi connectivity index (χ0v) is 13.7. The Bertz CT molecular complexity index is 575. The molecule has 1 aromatic carbocycles. The number of sulfonamides is 1. The molecule has 1 aromatic rings. The third-order valence-corrected chi connectivity index (χ3v) is 5.65. The normalized spacial score (nSPS) is 11.6. The van der Waals surface area contributed by atoms with Crippen LogP contribution in [0.25, 0.3) is 0 Å². The number of nitrogens with zero attached hydrogens (tertiary/aromatic N) is 1. The fraction of sp³-hybridized carbons (Fsp3) is 0.462. The van der Waals surface area contributed by atoms with Crippen molar-refractivity contribution in [3.05, 3.63) is 24.3 Å². The van der Waals surface area contributed by atoms with E-state index in [0.29, 0.717) is 11.4 Å². The molecule has 0 spiro atoms. The summed E-state index contributed by atoms with van der Waals surface area (Å²) in [7, 11) is -2.10. The highest BCUT2D eigenvalue weighted by Crippen LogP contribution is 2.20. The van der Waals surface area contributed by atoms with E-state index < -0.39 is 16.0 Å². The average Bonchev–Trinajstić information content (AvgIpc) is 2.38. The predicted molar refractivity (Wildman–Crippen MR) is 84.6 cm³/mol. The van der Waals surface area contributed by atoms with Gasteiger partial charge >= 0.3 is 5.97 Å². The molecule has 0 fully saturated rings. The topological polar surface area (TPSA) is 89.7 Å². The van der Waals surface area contributed by atoms with E-state index in [1.807, 2.05) is 12.1 Å². The van der Waals surface area contributed by atoms with Gasteiger partial charge in [-0.05, 0) is 25.1 Å². The second kappa shape index (κ2) is 8.26. The van der Waals surface area contributed by atoms with Crippen molar-refractivity contribution in [1.82, 2.24) is 4.31 Å². The number of anilines is 1. The van der Waals surface area contributed by atoms with Gasteiger partial charge in [-0.25, -0.2) is 8.42 Å². The number of hydrogen-bond donors (Lipinski definition) is 1. The number of ether oxygens (including phenoxy) is 1. The minimum Gasteiger partial charge on any atom is -0.465 e. The van der Waals surface area contributed by atoms with Crippen LogP contribution < -0.4 is 5.73 Å². The van der Waals surface area contributed by atoms with Crippen molar-refractivity contribution in [2.45, 2.75) is 11.8 Å². The summed E-state index contributed by atoms with van der Waals surface area (Å²) in [6.45, 7) is 1.64. The van der Waals surface area contributed by atoms with E-state index in [4.69, 9.17) is 10.5 Å². The van der Waals surface area contributed by atoms with Crippen molar-refractivity contribution < 1.29 is 17.9 Å². The van der Waals surface area contributed by atoms with E-state index in [2.05, 4.69) is 0 Å². The molecule has 0 aromatic heterocycles. The molecule has 0 saturated carbocycles. The highest BCUT2D eigenvalue weighted by Gasteiger charge is 2.20. The molecule has 0 heterocycles. The van der Waals surface area contributed by atoms with Crippen LogP contribution in [0.1, 0.15) is 6.92 Å². The molecule has 0 radical (unpaired) electrons. The van der Waals surface area contributed by atoms with Crippen LogP contribution in [0.5, 0.6) is 0 Å². The Kier molecular flexibility index (Phi) is 7.00. The molecule has 0 bridgehead atoms. The number of carbonyl (C=O) groups is 1. The van der Waals surface area contributed by atoms with Crippen LogP contribution in [0.3, 0.4) is 0 Å². The summed E-state index contributed by atoms with van der Waals surface area (Å²) >= 11 is 1.41. The maximum absolute atomic E-state index is 12.0. The van der Waals surface area contributed by atoms with Crippen molar-refractivity contribution in [2.75, 3.05) is 37.4 Å². The fourth-order valence-electron chi connectivity index (χ4n) is 1.51. The Morgan fingerprint density at radius 2 is 2.14 bits per heavy atom. The van der Waals surface area contributed by atoms with E-state index in [-0.39, 0.29) is 18.9 Å². The van der Waals surface area contributed by atoms with Gasteiger partial charge in [0.15, 0.2) is 0 Å². The van der Waals surface area contributed by atoms with Gasteiger partial charge in [0.05, 0.1) is 12.4 Å². The van der Waals surface area contributed by atoms with Gasteiger partial charge in [-0.3, -0.25) is 4.79 Å². The number of esters is 1. The molecule has 2 N–H and O–H groups in total. The molecule has 1 rings (SSSR count). The third kappa shape index (κ3) is 6.36. The van der Waals surface area contributed by atoms with Crippen LogP contribution in [0.4, 0.5) is 5.69 Å². The van der Waals surface area contributed by atoms with Crippen LogP contribution in [0, 0.1) is 0 Å². The lowest BCUT2D eigenvalue weighted by Gasteiger charge is -2.15. The first-order valence-electron chi connectivity index (χ1n) is 6.43. The molecule has 118 valence electrons. The molecule has 0 atom stereocenters. The lowest BCUT2D eigenvalue weighted by atomic mass is 10.3. The van der Waals surface area contributed by atoms with Crippen LogP contribution in [-0.4, -0.2) is 50.4 Å². The number of rotatable bonds is 8. The summed E-state index contributed by atoms with van der Waals surface area (Å²) in [5, 5.41) is 0. The Hall–Kier alpha value is -1.25.